The number of morpholine rings is 1. The fraction of sp³-hybridized carbons (Fsp3) is 1.00. The second-order valence-corrected chi connectivity index (χ2v) is 6.35. The molecule has 1 unspecified atom stereocenters. The lowest BCUT2D eigenvalue weighted by Gasteiger charge is -2.29. The summed E-state index contributed by atoms with van der Waals surface area (Å²) in [5, 5.41) is 13.5. The highest BCUT2D eigenvalue weighted by Gasteiger charge is 2.19. The highest BCUT2D eigenvalue weighted by molar-refractivity contribution is 4.74. The van der Waals surface area contributed by atoms with Gasteiger partial charge < -0.3 is 15.2 Å². The summed E-state index contributed by atoms with van der Waals surface area (Å²) in [6, 6.07) is 0. The molecular formula is C15H30N2O2. The molecule has 0 amide bonds. The predicted octanol–water partition coefficient (Wildman–Crippen LogP) is 1.10. The molecule has 0 bridgehead atoms. The van der Waals surface area contributed by atoms with Crippen molar-refractivity contribution in [1.82, 2.24) is 10.2 Å². The van der Waals surface area contributed by atoms with Crippen LogP contribution in [0.1, 0.15) is 32.6 Å². The smallest absolute Gasteiger partial charge is 0.0791 e. The van der Waals surface area contributed by atoms with E-state index in [0.29, 0.717) is 0 Å². The molecule has 19 heavy (non-hydrogen) atoms. The van der Waals surface area contributed by atoms with Gasteiger partial charge in [0.2, 0.25) is 0 Å². The van der Waals surface area contributed by atoms with Crippen molar-refractivity contribution >= 4 is 0 Å². The van der Waals surface area contributed by atoms with Crippen LogP contribution >= 0.6 is 0 Å². The Morgan fingerprint density at radius 3 is 2.58 bits per heavy atom. The van der Waals surface area contributed by atoms with Crippen LogP contribution in [-0.2, 0) is 4.74 Å². The number of β-amino-alcohol motifs (C(OH)–C–C–N with tert-alkyl or cyclic N) is 1. The minimum Gasteiger partial charge on any atom is -0.390 e. The quantitative estimate of drug-likeness (QED) is 0.758. The first-order valence-corrected chi connectivity index (χ1v) is 7.93. The maximum absolute atomic E-state index is 10.0. The molecule has 112 valence electrons. The number of rotatable bonds is 6. The Labute approximate surface area is 117 Å². The Balaban J connectivity index is 1.52. The molecule has 1 saturated carbocycles. The highest BCUT2D eigenvalue weighted by Crippen LogP contribution is 2.27. The Kier molecular flexibility index (Phi) is 6.57. The van der Waals surface area contributed by atoms with Crippen LogP contribution in [0.3, 0.4) is 0 Å². The Morgan fingerprint density at radius 1 is 1.21 bits per heavy atom. The number of ether oxygens (including phenoxy) is 1. The number of nitrogens with one attached hydrogen (secondary N) is 1. The van der Waals surface area contributed by atoms with Crippen LogP contribution in [0.4, 0.5) is 0 Å². The zero-order chi connectivity index (χ0) is 13.5. The van der Waals surface area contributed by atoms with Gasteiger partial charge in [-0.3, -0.25) is 4.90 Å². The zero-order valence-corrected chi connectivity index (χ0v) is 12.3. The molecule has 1 atom stereocenters. The maximum atomic E-state index is 10.0. The fourth-order valence-corrected chi connectivity index (χ4v) is 3.13. The summed E-state index contributed by atoms with van der Waals surface area (Å²) in [5.41, 5.74) is 0. The van der Waals surface area contributed by atoms with Gasteiger partial charge in [-0.2, -0.15) is 0 Å². The molecule has 2 aliphatic rings. The Morgan fingerprint density at radius 2 is 1.89 bits per heavy atom. The summed E-state index contributed by atoms with van der Waals surface area (Å²) in [5.74, 6) is 1.75. The number of aliphatic hydroxyl groups is 1. The third-order valence-electron chi connectivity index (χ3n) is 4.52. The molecule has 1 aliphatic heterocycles. The number of hydrogen-bond donors (Lipinski definition) is 2. The third kappa shape index (κ3) is 5.78. The monoisotopic (exact) mass is 270 g/mol. The van der Waals surface area contributed by atoms with E-state index in [1.807, 2.05) is 0 Å². The molecule has 0 radical (unpaired) electrons. The molecule has 1 saturated heterocycles. The topological polar surface area (TPSA) is 44.7 Å². The Hall–Kier alpha value is -0.160. The molecule has 2 rings (SSSR count). The second-order valence-electron chi connectivity index (χ2n) is 6.35. The van der Waals surface area contributed by atoms with Gasteiger partial charge in [0.15, 0.2) is 0 Å². The summed E-state index contributed by atoms with van der Waals surface area (Å²) in [6.45, 7) is 8.46. The molecule has 0 aromatic rings. The molecule has 4 nitrogen and oxygen atoms in total. The second kappa shape index (κ2) is 8.20. The number of nitrogens with zero attached hydrogens (tertiary/aromatic N) is 1. The van der Waals surface area contributed by atoms with Crippen molar-refractivity contribution in [2.24, 2.45) is 11.8 Å². The van der Waals surface area contributed by atoms with E-state index in [1.54, 1.807) is 0 Å². The van der Waals surface area contributed by atoms with Gasteiger partial charge in [0, 0.05) is 26.2 Å². The number of aliphatic hydroxyl groups excluding tert-OH is 1. The first kappa shape index (κ1) is 15.2. The Bertz CT molecular complexity index is 236. The average Bonchev–Trinajstić information content (AvgIpc) is 2.42. The highest BCUT2D eigenvalue weighted by atomic mass is 16.5. The van der Waals surface area contributed by atoms with Crippen molar-refractivity contribution in [2.75, 3.05) is 45.9 Å². The van der Waals surface area contributed by atoms with E-state index in [4.69, 9.17) is 4.74 Å². The lowest BCUT2D eigenvalue weighted by Crippen LogP contribution is -2.44. The van der Waals surface area contributed by atoms with E-state index in [2.05, 4.69) is 17.1 Å². The maximum Gasteiger partial charge on any atom is 0.0791 e. The van der Waals surface area contributed by atoms with Gasteiger partial charge in [-0.15, -0.1) is 0 Å². The first-order chi connectivity index (χ1) is 9.24. The van der Waals surface area contributed by atoms with Crippen LogP contribution < -0.4 is 5.32 Å². The standard InChI is InChI=1S/C15H30N2O2/c1-13-2-4-14(5-3-13)10-16-11-15(18)12-17-6-8-19-9-7-17/h13-16,18H,2-12H2,1H3. The minimum atomic E-state index is -0.249. The van der Waals surface area contributed by atoms with Crippen LogP contribution in [0.5, 0.6) is 0 Å². The third-order valence-corrected chi connectivity index (χ3v) is 4.52. The predicted molar refractivity (Wildman–Crippen MR) is 77.3 cm³/mol. The van der Waals surface area contributed by atoms with Crippen molar-refractivity contribution in [3.8, 4) is 0 Å². The van der Waals surface area contributed by atoms with Gasteiger partial charge in [0.05, 0.1) is 19.3 Å². The first-order valence-electron chi connectivity index (χ1n) is 7.93. The molecule has 1 aliphatic carbocycles. The van der Waals surface area contributed by atoms with Crippen molar-refractivity contribution in [2.45, 2.75) is 38.7 Å². The number of hydrogen-bond acceptors (Lipinski definition) is 4. The molecular weight excluding hydrogens is 240 g/mol. The summed E-state index contributed by atoms with van der Waals surface area (Å²) >= 11 is 0. The van der Waals surface area contributed by atoms with E-state index in [1.165, 1.54) is 25.7 Å². The molecule has 0 spiro atoms. The van der Waals surface area contributed by atoms with Gasteiger partial charge in [0.1, 0.15) is 0 Å². The van der Waals surface area contributed by atoms with E-state index >= 15 is 0 Å². The molecule has 1 heterocycles. The van der Waals surface area contributed by atoms with Gasteiger partial charge in [0.25, 0.3) is 0 Å². The molecule has 0 aromatic carbocycles. The normalized spacial score (nSPS) is 31.3. The van der Waals surface area contributed by atoms with E-state index < -0.39 is 0 Å². The van der Waals surface area contributed by atoms with Crippen molar-refractivity contribution in [3.05, 3.63) is 0 Å². The van der Waals surface area contributed by atoms with Crippen LogP contribution in [0.2, 0.25) is 0 Å². The van der Waals surface area contributed by atoms with Crippen molar-refractivity contribution in [3.63, 3.8) is 0 Å². The van der Waals surface area contributed by atoms with Crippen LogP contribution in [0.15, 0.2) is 0 Å². The molecule has 2 N–H and O–H groups in total. The lowest BCUT2D eigenvalue weighted by molar-refractivity contribution is 0.0147. The minimum absolute atomic E-state index is 0.249. The van der Waals surface area contributed by atoms with Crippen molar-refractivity contribution < 1.29 is 9.84 Å². The van der Waals surface area contributed by atoms with Gasteiger partial charge >= 0.3 is 0 Å². The van der Waals surface area contributed by atoms with Crippen LogP contribution in [0.25, 0.3) is 0 Å². The van der Waals surface area contributed by atoms with Gasteiger partial charge in [-0.1, -0.05) is 19.8 Å². The summed E-state index contributed by atoms with van der Waals surface area (Å²) in [4.78, 5) is 2.29. The summed E-state index contributed by atoms with van der Waals surface area (Å²) < 4.78 is 5.31. The summed E-state index contributed by atoms with van der Waals surface area (Å²) in [6.07, 6.45) is 5.22. The van der Waals surface area contributed by atoms with E-state index in [9.17, 15) is 5.11 Å². The van der Waals surface area contributed by atoms with Crippen molar-refractivity contribution in [1.29, 1.82) is 0 Å². The molecule has 4 heteroatoms. The fourth-order valence-electron chi connectivity index (χ4n) is 3.13. The largest absolute Gasteiger partial charge is 0.390 e. The summed E-state index contributed by atoms with van der Waals surface area (Å²) in [7, 11) is 0. The lowest BCUT2D eigenvalue weighted by atomic mass is 9.83. The van der Waals surface area contributed by atoms with Gasteiger partial charge in [-0.25, -0.2) is 0 Å². The van der Waals surface area contributed by atoms with Crippen LogP contribution in [0, 0.1) is 11.8 Å². The molecule has 2 fully saturated rings. The SMILES string of the molecule is CC1CCC(CNCC(O)CN2CCOCC2)CC1. The van der Waals surface area contributed by atoms with E-state index in [-0.39, 0.29) is 6.10 Å². The van der Waals surface area contributed by atoms with Gasteiger partial charge in [-0.05, 0) is 31.2 Å². The van der Waals surface area contributed by atoms with E-state index in [0.717, 1.165) is 57.8 Å². The zero-order valence-electron chi connectivity index (χ0n) is 12.3. The average molecular weight is 270 g/mol. The van der Waals surface area contributed by atoms with Crippen LogP contribution in [-0.4, -0.2) is 62.0 Å². The molecule has 0 aromatic heterocycles.